The fraction of sp³-hybridized carbons (Fsp3) is 0.500. The molecule has 1 atom stereocenters. The molecule has 0 N–H and O–H groups in total. The molecule has 0 aliphatic carbocycles. The van der Waals surface area contributed by atoms with E-state index in [0.717, 1.165) is 18.4 Å². The molecule has 0 spiro atoms. The summed E-state index contributed by atoms with van der Waals surface area (Å²) >= 11 is 0. The van der Waals surface area contributed by atoms with Crippen LogP contribution in [0.1, 0.15) is 36.5 Å². The van der Waals surface area contributed by atoms with Gasteiger partial charge in [0.1, 0.15) is 5.75 Å². The molecule has 1 aromatic rings. The third-order valence-corrected chi connectivity index (χ3v) is 2.83. The van der Waals surface area contributed by atoms with Crippen LogP contribution in [0.2, 0.25) is 0 Å². The van der Waals surface area contributed by atoms with Crippen molar-refractivity contribution in [2.45, 2.75) is 39.2 Å². The minimum absolute atomic E-state index is 0.0860. The Kier molecular flexibility index (Phi) is 2.63. The summed E-state index contributed by atoms with van der Waals surface area (Å²) in [5, 5.41) is 0. The zero-order valence-electron chi connectivity index (χ0n) is 8.89. The van der Waals surface area contributed by atoms with E-state index in [9.17, 15) is 8.78 Å². The Morgan fingerprint density at radius 3 is 2.80 bits per heavy atom. The molecule has 0 saturated carbocycles. The monoisotopic (exact) mass is 212 g/mol. The summed E-state index contributed by atoms with van der Waals surface area (Å²) in [5.74, 6) is 0.634. The van der Waals surface area contributed by atoms with E-state index >= 15 is 0 Å². The van der Waals surface area contributed by atoms with Gasteiger partial charge in [-0.2, -0.15) is 0 Å². The Morgan fingerprint density at radius 1 is 1.40 bits per heavy atom. The quantitative estimate of drug-likeness (QED) is 0.690. The lowest BCUT2D eigenvalue weighted by molar-refractivity contribution is 0.148. The lowest BCUT2D eigenvalue weighted by Gasteiger charge is -2.24. The molecule has 0 bridgehead atoms. The fourth-order valence-corrected chi connectivity index (χ4v) is 1.94. The highest BCUT2D eigenvalue weighted by atomic mass is 19.3. The predicted molar refractivity (Wildman–Crippen MR) is 54.5 cm³/mol. The van der Waals surface area contributed by atoms with Gasteiger partial charge in [0.25, 0.3) is 6.43 Å². The minimum atomic E-state index is -2.42. The second-order valence-corrected chi connectivity index (χ2v) is 4.08. The first-order chi connectivity index (χ1) is 7.08. The smallest absolute Gasteiger partial charge is 0.264 e. The van der Waals surface area contributed by atoms with Gasteiger partial charge in [0.2, 0.25) is 0 Å². The van der Waals surface area contributed by atoms with Gasteiger partial charge in [-0.25, -0.2) is 8.78 Å². The van der Waals surface area contributed by atoms with Crippen molar-refractivity contribution < 1.29 is 13.5 Å². The van der Waals surface area contributed by atoms with Crippen molar-refractivity contribution in [1.82, 2.24) is 0 Å². The van der Waals surface area contributed by atoms with Gasteiger partial charge in [0, 0.05) is 5.56 Å². The molecule has 1 aromatic carbocycles. The molecule has 3 heteroatoms. The third kappa shape index (κ3) is 1.96. The van der Waals surface area contributed by atoms with E-state index in [2.05, 4.69) is 0 Å². The molecule has 0 radical (unpaired) electrons. The Bertz CT molecular complexity index is 374. The molecule has 0 fully saturated rings. The maximum Gasteiger partial charge on any atom is 0.264 e. The fourth-order valence-electron chi connectivity index (χ4n) is 1.94. The highest BCUT2D eigenvalue weighted by Gasteiger charge is 2.20. The summed E-state index contributed by atoms with van der Waals surface area (Å²) in [5.41, 5.74) is 1.79. The van der Waals surface area contributed by atoms with E-state index in [1.54, 1.807) is 6.92 Å². The number of benzene rings is 1. The van der Waals surface area contributed by atoms with Crippen LogP contribution in [-0.2, 0) is 6.42 Å². The topological polar surface area (TPSA) is 9.23 Å². The summed E-state index contributed by atoms with van der Waals surface area (Å²) < 4.78 is 30.8. The largest absolute Gasteiger partial charge is 0.490 e. The number of alkyl halides is 2. The number of rotatable bonds is 1. The number of ether oxygens (including phenoxy) is 1. The van der Waals surface area contributed by atoms with Gasteiger partial charge < -0.3 is 4.74 Å². The van der Waals surface area contributed by atoms with Crippen molar-refractivity contribution in [2.24, 2.45) is 0 Å². The maximum atomic E-state index is 12.6. The van der Waals surface area contributed by atoms with Crippen molar-refractivity contribution in [3.05, 3.63) is 28.8 Å². The standard InChI is InChI=1S/C12H14F2O/c1-7-5-9-4-3-8(2)15-11(9)6-10(7)12(13)14/h5-6,8,12H,3-4H2,1-2H3. The lowest BCUT2D eigenvalue weighted by Crippen LogP contribution is -2.19. The summed E-state index contributed by atoms with van der Waals surface area (Å²) in [7, 11) is 0. The number of halogens is 2. The first kappa shape index (κ1) is 10.4. The predicted octanol–water partition coefficient (Wildman–Crippen LogP) is 3.65. The third-order valence-electron chi connectivity index (χ3n) is 2.83. The molecule has 0 saturated heterocycles. The highest BCUT2D eigenvalue weighted by molar-refractivity contribution is 5.44. The normalized spacial score (nSPS) is 19.9. The van der Waals surface area contributed by atoms with E-state index in [4.69, 9.17) is 4.74 Å². The lowest BCUT2D eigenvalue weighted by atomic mass is 9.98. The molecular formula is C12H14F2O. The van der Waals surface area contributed by atoms with Crippen molar-refractivity contribution in [3.63, 3.8) is 0 Å². The molecule has 0 aromatic heterocycles. The molecule has 1 nitrogen and oxygen atoms in total. The maximum absolute atomic E-state index is 12.6. The van der Waals surface area contributed by atoms with Crippen LogP contribution in [0.4, 0.5) is 8.78 Å². The first-order valence-electron chi connectivity index (χ1n) is 5.16. The van der Waals surface area contributed by atoms with Crippen LogP contribution in [0.25, 0.3) is 0 Å². The van der Waals surface area contributed by atoms with Crippen LogP contribution in [0.15, 0.2) is 12.1 Å². The van der Waals surface area contributed by atoms with Crippen LogP contribution in [0, 0.1) is 6.92 Å². The van der Waals surface area contributed by atoms with Crippen molar-refractivity contribution >= 4 is 0 Å². The average molecular weight is 212 g/mol. The van der Waals surface area contributed by atoms with Crippen LogP contribution >= 0.6 is 0 Å². The summed E-state index contributed by atoms with van der Waals surface area (Å²) in [6.45, 7) is 3.69. The summed E-state index contributed by atoms with van der Waals surface area (Å²) in [6, 6.07) is 3.31. The molecule has 0 amide bonds. The van der Waals surface area contributed by atoms with Crippen LogP contribution < -0.4 is 4.74 Å². The zero-order chi connectivity index (χ0) is 11.0. The zero-order valence-corrected chi connectivity index (χ0v) is 8.89. The van der Waals surface area contributed by atoms with Gasteiger partial charge in [-0.05, 0) is 43.9 Å². The van der Waals surface area contributed by atoms with E-state index in [0.29, 0.717) is 11.3 Å². The van der Waals surface area contributed by atoms with Gasteiger partial charge in [-0.3, -0.25) is 0 Å². The van der Waals surface area contributed by atoms with Gasteiger partial charge in [-0.15, -0.1) is 0 Å². The van der Waals surface area contributed by atoms with Gasteiger partial charge in [-0.1, -0.05) is 6.07 Å². The average Bonchev–Trinajstić information content (AvgIpc) is 2.17. The van der Waals surface area contributed by atoms with Crippen molar-refractivity contribution in [3.8, 4) is 5.75 Å². The van der Waals surface area contributed by atoms with Crippen LogP contribution in [-0.4, -0.2) is 6.10 Å². The molecule has 1 unspecified atom stereocenters. The van der Waals surface area contributed by atoms with Gasteiger partial charge in [0.05, 0.1) is 6.10 Å². The highest BCUT2D eigenvalue weighted by Crippen LogP contribution is 2.34. The van der Waals surface area contributed by atoms with Crippen LogP contribution in [0.5, 0.6) is 5.75 Å². The number of fused-ring (bicyclic) bond motifs is 1. The SMILES string of the molecule is Cc1cc2c(cc1C(F)F)OC(C)CC2. The van der Waals surface area contributed by atoms with E-state index in [1.807, 2.05) is 13.0 Å². The molecule has 2 rings (SSSR count). The van der Waals surface area contributed by atoms with E-state index in [-0.39, 0.29) is 11.7 Å². The van der Waals surface area contributed by atoms with E-state index < -0.39 is 6.43 Å². The van der Waals surface area contributed by atoms with Crippen molar-refractivity contribution in [2.75, 3.05) is 0 Å². The first-order valence-corrected chi connectivity index (χ1v) is 5.16. The summed E-state index contributed by atoms with van der Waals surface area (Å²) in [4.78, 5) is 0. The molecule has 1 aliphatic rings. The number of hydrogen-bond donors (Lipinski definition) is 0. The number of aryl methyl sites for hydroxylation is 2. The van der Waals surface area contributed by atoms with Crippen LogP contribution in [0.3, 0.4) is 0 Å². The Balaban J connectivity index is 2.42. The second-order valence-electron chi connectivity index (χ2n) is 4.08. The molecule has 15 heavy (non-hydrogen) atoms. The van der Waals surface area contributed by atoms with E-state index in [1.165, 1.54) is 6.07 Å². The molecule has 82 valence electrons. The Labute approximate surface area is 88.1 Å². The van der Waals surface area contributed by atoms with Gasteiger partial charge >= 0.3 is 0 Å². The number of hydrogen-bond acceptors (Lipinski definition) is 1. The molecule has 1 heterocycles. The summed E-state index contributed by atoms with van der Waals surface area (Å²) in [6.07, 6.45) is -0.414. The molecular weight excluding hydrogens is 198 g/mol. The van der Waals surface area contributed by atoms with Crippen molar-refractivity contribution in [1.29, 1.82) is 0 Å². The Hall–Kier alpha value is -1.12. The minimum Gasteiger partial charge on any atom is -0.490 e. The second kappa shape index (κ2) is 3.80. The molecule has 1 aliphatic heterocycles. The van der Waals surface area contributed by atoms with Gasteiger partial charge in [0.15, 0.2) is 0 Å². The Morgan fingerprint density at radius 2 is 2.13 bits per heavy atom.